The fourth-order valence-electron chi connectivity index (χ4n) is 2.25. The van der Waals surface area contributed by atoms with E-state index in [1.54, 1.807) is 6.92 Å². The van der Waals surface area contributed by atoms with Gasteiger partial charge in [0.15, 0.2) is 5.78 Å². The minimum Gasteiger partial charge on any atom is -0.374 e. The van der Waals surface area contributed by atoms with E-state index in [9.17, 15) is 4.79 Å². The molecule has 0 bridgehead atoms. The second kappa shape index (κ2) is 2.92. The van der Waals surface area contributed by atoms with E-state index >= 15 is 0 Å². The lowest BCUT2D eigenvalue weighted by Gasteiger charge is -2.27. The van der Waals surface area contributed by atoms with Gasteiger partial charge in [-0.3, -0.25) is 4.79 Å². The number of rotatable bonds is 1. The number of carbonyl (C=O) groups is 1. The third-order valence-electron chi connectivity index (χ3n) is 2.88. The van der Waals surface area contributed by atoms with Crippen LogP contribution >= 0.6 is 0 Å². The standard InChI is InChI=1S/C10H15NO/c1-8(12)9-5-7-11-6-3-2-4-10(9)11/h2-7H2,1H3. The zero-order chi connectivity index (χ0) is 8.55. The summed E-state index contributed by atoms with van der Waals surface area (Å²) in [6.45, 7) is 3.96. The number of fused-ring (bicyclic) bond motifs is 1. The lowest BCUT2D eigenvalue weighted by molar-refractivity contribution is -0.113. The van der Waals surface area contributed by atoms with Crippen molar-refractivity contribution in [3.63, 3.8) is 0 Å². The Morgan fingerprint density at radius 2 is 2.08 bits per heavy atom. The summed E-state index contributed by atoms with van der Waals surface area (Å²) in [5, 5.41) is 0. The van der Waals surface area contributed by atoms with Gasteiger partial charge in [0.25, 0.3) is 0 Å². The second-order valence-corrected chi connectivity index (χ2v) is 3.68. The van der Waals surface area contributed by atoms with Crippen molar-refractivity contribution in [1.82, 2.24) is 4.90 Å². The van der Waals surface area contributed by atoms with E-state index < -0.39 is 0 Å². The average Bonchev–Trinajstić information content (AvgIpc) is 2.47. The molecule has 0 aromatic heterocycles. The van der Waals surface area contributed by atoms with Gasteiger partial charge < -0.3 is 4.90 Å². The fraction of sp³-hybridized carbons (Fsp3) is 0.700. The number of carbonyl (C=O) groups excluding carboxylic acids is 1. The molecule has 66 valence electrons. The highest BCUT2D eigenvalue weighted by atomic mass is 16.1. The molecule has 2 rings (SSSR count). The number of hydrogen-bond acceptors (Lipinski definition) is 2. The van der Waals surface area contributed by atoms with Gasteiger partial charge in [0, 0.05) is 24.4 Å². The summed E-state index contributed by atoms with van der Waals surface area (Å²) in [5.74, 6) is 0.286. The van der Waals surface area contributed by atoms with Gasteiger partial charge in [0.1, 0.15) is 0 Å². The van der Waals surface area contributed by atoms with Gasteiger partial charge in [0.2, 0.25) is 0 Å². The van der Waals surface area contributed by atoms with E-state index in [0.29, 0.717) is 0 Å². The predicted molar refractivity (Wildman–Crippen MR) is 47.7 cm³/mol. The van der Waals surface area contributed by atoms with Gasteiger partial charge in [-0.25, -0.2) is 0 Å². The van der Waals surface area contributed by atoms with Gasteiger partial charge in [-0.15, -0.1) is 0 Å². The molecule has 2 heteroatoms. The number of hydrogen-bond donors (Lipinski definition) is 0. The first kappa shape index (κ1) is 7.84. The molecule has 2 aliphatic rings. The van der Waals surface area contributed by atoms with Crippen LogP contribution in [0.25, 0.3) is 0 Å². The fourth-order valence-corrected chi connectivity index (χ4v) is 2.25. The third-order valence-corrected chi connectivity index (χ3v) is 2.88. The molecule has 0 radical (unpaired) electrons. The Labute approximate surface area is 73.2 Å². The highest BCUT2D eigenvalue weighted by Gasteiger charge is 2.26. The molecule has 0 aromatic carbocycles. The van der Waals surface area contributed by atoms with Crippen molar-refractivity contribution in [3.05, 3.63) is 11.3 Å². The lowest BCUT2D eigenvalue weighted by Crippen LogP contribution is -2.24. The average molecular weight is 165 g/mol. The van der Waals surface area contributed by atoms with Gasteiger partial charge in [0.05, 0.1) is 0 Å². The van der Waals surface area contributed by atoms with E-state index in [1.807, 2.05) is 0 Å². The number of nitrogens with zero attached hydrogens (tertiary/aromatic N) is 1. The SMILES string of the molecule is CC(=O)C1=C2CCCCN2CC1. The van der Waals surface area contributed by atoms with Crippen molar-refractivity contribution >= 4 is 5.78 Å². The summed E-state index contributed by atoms with van der Waals surface area (Å²) in [6.07, 6.45) is 4.69. The van der Waals surface area contributed by atoms with Crippen LogP contribution in [0.1, 0.15) is 32.6 Å². The number of Topliss-reactive ketones (excluding diaryl/α,β-unsaturated/α-hetero) is 1. The minimum atomic E-state index is 0.286. The Balaban J connectivity index is 2.25. The van der Waals surface area contributed by atoms with Crippen molar-refractivity contribution in [2.24, 2.45) is 0 Å². The zero-order valence-electron chi connectivity index (χ0n) is 7.60. The number of ketones is 1. The Morgan fingerprint density at radius 3 is 2.83 bits per heavy atom. The van der Waals surface area contributed by atoms with Crippen molar-refractivity contribution in [2.45, 2.75) is 32.6 Å². The first-order valence-electron chi connectivity index (χ1n) is 4.77. The molecule has 1 saturated heterocycles. The third kappa shape index (κ3) is 1.15. The van der Waals surface area contributed by atoms with Crippen LogP contribution in [0, 0.1) is 0 Å². The summed E-state index contributed by atoms with van der Waals surface area (Å²) in [5.41, 5.74) is 2.46. The van der Waals surface area contributed by atoms with Crippen LogP contribution in [0.15, 0.2) is 11.3 Å². The minimum absolute atomic E-state index is 0.286. The molecule has 1 fully saturated rings. The van der Waals surface area contributed by atoms with Crippen LogP contribution in [0.5, 0.6) is 0 Å². The summed E-state index contributed by atoms with van der Waals surface area (Å²) in [6, 6.07) is 0. The Hall–Kier alpha value is -0.790. The molecule has 2 heterocycles. The Kier molecular flexibility index (Phi) is 1.91. The summed E-state index contributed by atoms with van der Waals surface area (Å²) >= 11 is 0. The Bertz CT molecular complexity index is 242. The maximum atomic E-state index is 11.2. The smallest absolute Gasteiger partial charge is 0.157 e. The van der Waals surface area contributed by atoms with E-state index in [0.717, 1.165) is 25.0 Å². The first-order chi connectivity index (χ1) is 5.79. The molecule has 0 unspecified atom stereocenters. The molecular formula is C10H15NO. The molecule has 0 N–H and O–H groups in total. The van der Waals surface area contributed by atoms with E-state index in [4.69, 9.17) is 0 Å². The Morgan fingerprint density at radius 1 is 1.25 bits per heavy atom. The van der Waals surface area contributed by atoms with E-state index in [-0.39, 0.29) is 5.78 Å². The van der Waals surface area contributed by atoms with Crippen molar-refractivity contribution in [2.75, 3.05) is 13.1 Å². The molecule has 0 aliphatic carbocycles. The molecule has 0 saturated carbocycles. The number of allylic oxidation sites excluding steroid dienone is 1. The highest BCUT2D eigenvalue weighted by molar-refractivity contribution is 5.94. The summed E-state index contributed by atoms with van der Waals surface area (Å²) in [4.78, 5) is 13.6. The van der Waals surface area contributed by atoms with Crippen molar-refractivity contribution in [1.29, 1.82) is 0 Å². The molecule has 2 aliphatic heterocycles. The summed E-state index contributed by atoms with van der Waals surface area (Å²) < 4.78 is 0. The molecular weight excluding hydrogens is 150 g/mol. The van der Waals surface area contributed by atoms with Gasteiger partial charge >= 0.3 is 0 Å². The summed E-state index contributed by atoms with van der Waals surface area (Å²) in [7, 11) is 0. The normalized spacial score (nSPS) is 22.9. The molecule has 0 amide bonds. The van der Waals surface area contributed by atoms with Crippen molar-refractivity contribution in [3.8, 4) is 0 Å². The monoisotopic (exact) mass is 165 g/mol. The molecule has 12 heavy (non-hydrogen) atoms. The van der Waals surface area contributed by atoms with Gasteiger partial charge in [-0.05, 0) is 32.6 Å². The van der Waals surface area contributed by atoms with E-state index in [1.165, 1.54) is 25.1 Å². The maximum Gasteiger partial charge on any atom is 0.157 e. The molecule has 0 spiro atoms. The lowest BCUT2D eigenvalue weighted by atomic mass is 10.0. The highest BCUT2D eigenvalue weighted by Crippen LogP contribution is 2.31. The predicted octanol–water partition coefficient (Wildman–Crippen LogP) is 1.72. The van der Waals surface area contributed by atoms with Crippen LogP contribution in [0.3, 0.4) is 0 Å². The maximum absolute atomic E-state index is 11.2. The van der Waals surface area contributed by atoms with Crippen LogP contribution < -0.4 is 0 Å². The van der Waals surface area contributed by atoms with Crippen LogP contribution in [-0.2, 0) is 4.79 Å². The van der Waals surface area contributed by atoms with Crippen LogP contribution in [-0.4, -0.2) is 23.8 Å². The van der Waals surface area contributed by atoms with Gasteiger partial charge in [-0.2, -0.15) is 0 Å². The van der Waals surface area contributed by atoms with Crippen LogP contribution in [0.2, 0.25) is 0 Å². The number of piperidine rings is 1. The topological polar surface area (TPSA) is 20.3 Å². The molecule has 0 aromatic rings. The zero-order valence-corrected chi connectivity index (χ0v) is 7.60. The second-order valence-electron chi connectivity index (χ2n) is 3.68. The largest absolute Gasteiger partial charge is 0.374 e. The van der Waals surface area contributed by atoms with Crippen molar-refractivity contribution < 1.29 is 4.79 Å². The van der Waals surface area contributed by atoms with E-state index in [2.05, 4.69) is 4.90 Å². The molecule has 2 nitrogen and oxygen atoms in total. The first-order valence-corrected chi connectivity index (χ1v) is 4.77. The molecule has 0 atom stereocenters. The van der Waals surface area contributed by atoms with Gasteiger partial charge in [-0.1, -0.05) is 0 Å². The quantitative estimate of drug-likeness (QED) is 0.589. The van der Waals surface area contributed by atoms with Crippen LogP contribution in [0.4, 0.5) is 0 Å².